The molecule has 0 radical (unpaired) electrons. The average Bonchev–Trinajstić information content (AvgIpc) is 2.72. The molecule has 0 N–H and O–H groups in total. The van der Waals surface area contributed by atoms with E-state index in [-0.39, 0.29) is 12.8 Å². The molecule has 178 valence electrons. The molecule has 0 saturated carbocycles. The van der Waals surface area contributed by atoms with E-state index in [1.165, 1.54) is 0 Å². The van der Waals surface area contributed by atoms with Gasteiger partial charge in [-0.15, -0.1) is 0 Å². The Balaban J connectivity index is 2.44. The van der Waals surface area contributed by atoms with Crippen LogP contribution in [0.15, 0.2) is 24.3 Å². The smallest absolute Gasteiger partial charge is 0.491 e. The second kappa shape index (κ2) is 13.5. The molecule has 0 amide bonds. The lowest BCUT2D eigenvalue weighted by Gasteiger charge is -2.16. The minimum absolute atomic E-state index is 0.195. The van der Waals surface area contributed by atoms with E-state index in [4.69, 9.17) is 14.2 Å². The molecule has 8 nitrogen and oxygen atoms in total. The zero-order chi connectivity index (χ0) is 23.3. The fourth-order valence-electron chi connectivity index (χ4n) is 2.37. The number of methoxy groups -OCH3 is 1. The molecule has 0 aliphatic rings. The molecule has 0 aromatic heterocycles. The molecular formula is C19H27F3O8S. The maximum atomic E-state index is 12.5. The van der Waals surface area contributed by atoms with E-state index in [9.17, 15) is 26.4 Å². The zero-order valence-corrected chi connectivity index (χ0v) is 18.2. The molecule has 31 heavy (non-hydrogen) atoms. The highest BCUT2D eigenvalue weighted by Gasteiger charge is 2.49. The van der Waals surface area contributed by atoms with E-state index in [2.05, 4.69) is 8.92 Å². The largest absolute Gasteiger partial charge is 0.523 e. The van der Waals surface area contributed by atoms with Crippen molar-refractivity contribution in [3.05, 3.63) is 29.8 Å². The third-order valence-electron chi connectivity index (χ3n) is 3.92. The van der Waals surface area contributed by atoms with Crippen LogP contribution in [0.5, 0.6) is 5.75 Å². The van der Waals surface area contributed by atoms with Crippen LogP contribution in [0.2, 0.25) is 0 Å². The lowest BCUT2D eigenvalue weighted by molar-refractivity contribution is -0.149. The second-order valence-electron chi connectivity index (χ2n) is 6.20. The molecule has 1 aromatic rings. The van der Waals surface area contributed by atoms with E-state index in [1.54, 1.807) is 24.3 Å². The summed E-state index contributed by atoms with van der Waals surface area (Å²) in [6, 6.07) is 6.95. The quantitative estimate of drug-likeness (QED) is 0.166. The van der Waals surface area contributed by atoms with Gasteiger partial charge in [0.15, 0.2) is 6.10 Å². The fourth-order valence-corrected chi connectivity index (χ4v) is 2.96. The van der Waals surface area contributed by atoms with Crippen LogP contribution in [0.1, 0.15) is 25.3 Å². The number of rotatable bonds is 15. The first-order valence-electron chi connectivity index (χ1n) is 9.55. The van der Waals surface area contributed by atoms with Gasteiger partial charge in [0.05, 0.1) is 26.9 Å². The molecule has 0 aliphatic carbocycles. The summed E-state index contributed by atoms with van der Waals surface area (Å²) < 4.78 is 84.1. The van der Waals surface area contributed by atoms with Crippen molar-refractivity contribution in [2.24, 2.45) is 0 Å². The maximum absolute atomic E-state index is 12.5. The minimum Gasteiger partial charge on any atom is -0.491 e. The Hall–Kier alpha value is -1.89. The zero-order valence-electron chi connectivity index (χ0n) is 17.4. The van der Waals surface area contributed by atoms with Gasteiger partial charge in [-0.3, -0.25) is 0 Å². The Kier molecular flexibility index (Phi) is 11.8. The third kappa shape index (κ3) is 10.3. The molecular weight excluding hydrogens is 445 g/mol. The Morgan fingerprint density at radius 1 is 1.03 bits per heavy atom. The highest BCUT2D eigenvalue weighted by molar-refractivity contribution is 7.87. The lowest BCUT2D eigenvalue weighted by Crippen LogP contribution is -2.34. The average molecular weight is 472 g/mol. The van der Waals surface area contributed by atoms with Gasteiger partial charge in [0, 0.05) is 6.61 Å². The van der Waals surface area contributed by atoms with Crippen LogP contribution in [0.4, 0.5) is 13.2 Å². The summed E-state index contributed by atoms with van der Waals surface area (Å²) in [6.07, 6.45) is -1.56. The number of benzene rings is 1. The molecule has 12 heteroatoms. The SMILES string of the molecule is CCOCCOCCOc1ccc(CCC[C@@H](OS(=O)(=O)C(F)(F)F)C(=O)OC)cc1. The van der Waals surface area contributed by atoms with E-state index in [0.717, 1.165) is 12.7 Å². The highest BCUT2D eigenvalue weighted by Crippen LogP contribution is 2.27. The number of alkyl halides is 3. The van der Waals surface area contributed by atoms with Gasteiger partial charge in [-0.1, -0.05) is 12.1 Å². The van der Waals surface area contributed by atoms with E-state index < -0.39 is 27.7 Å². The Labute approximate surface area is 179 Å². The van der Waals surface area contributed by atoms with Gasteiger partial charge in [-0.05, 0) is 43.9 Å². The molecule has 1 rings (SSSR count). The Morgan fingerprint density at radius 2 is 1.65 bits per heavy atom. The van der Waals surface area contributed by atoms with Crippen LogP contribution >= 0.6 is 0 Å². The Bertz CT molecular complexity index is 750. The first-order valence-corrected chi connectivity index (χ1v) is 11.0. The minimum atomic E-state index is -5.91. The van der Waals surface area contributed by atoms with Crippen LogP contribution in [0.25, 0.3) is 0 Å². The number of esters is 1. The molecule has 1 aromatic carbocycles. The van der Waals surface area contributed by atoms with Crippen molar-refractivity contribution in [2.45, 2.75) is 37.8 Å². The number of halogens is 3. The first kappa shape index (κ1) is 27.1. The van der Waals surface area contributed by atoms with Crippen molar-refractivity contribution in [3.63, 3.8) is 0 Å². The summed E-state index contributed by atoms with van der Waals surface area (Å²) in [6.45, 7) is 4.30. The summed E-state index contributed by atoms with van der Waals surface area (Å²) in [5.74, 6) is -0.579. The third-order valence-corrected chi connectivity index (χ3v) is 4.97. The first-order chi connectivity index (χ1) is 14.6. The molecule has 0 bridgehead atoms. The fraction of sp³-hybridized carbons (Fsp3) is 0.632. The van der Waals surface area contributed by atoms with Gasteiger partial charge in [0.1, 0.15) is 12.4 Å². The van der Waals surface area contributed by atoms with Crippen molar-refractivity contribution in [3.8, 4) is 5.75 Å². The predicted molar refractivity (Wildman–Crippen MR) is 104 cm³/mol. The number of carbonyl (C=O) groups excluding carboxylic acids is 1. The monoisotopic (exact) mass is 472 g/mol. The number of ether oxygens (including phenoxy) is 4. The van der Waals surface area contributed by atoms with Crippen molar-refractivity contribution in [1.29, 1.82) is 0 Å². The van der Waals surface area contributed by atoms with E-state index in [0.29, 0.717) is 45.2 Å². The Morgan fingerprint density at radius 3 is 2.23 bits per heavy atom. The maximum Gasteiger partial charge on any atom is 0.523 e. The molecule has 0 unspecified atom stereocenters. The molecule has 0 spiro atoms. The summed E-state index contributed by atoms with van der Waals surface area (Å²) in [5, 5.41) is 0. The topological polar surface area (TPSA) is 97.4 Å². The van der Waals surface area contributed by atoms with Crippen LogP contribution in [-0.4, -0.2) is 66.1 Å². The standard InChI is InChI=1S/C19H27F3O8S/c1-3-27-11-12-28-13-14-29-16-9-7-15(8-10-16)5-4-6-17(18(23)26-2)30-31(24,25)19(20,21)22/h7-10,17H,3-6,11-14H2,1-2H3/t17-/m1/s1. The number of hydrogen-bond donors (Lipinski definition) is 0. The van der Waals surface area contributed by atoms with Gasteiger partial charge < -0.3 is 18.9 Å². The predicted octanol–water partition coefficient (Wildman–Crippen LogP) is 2.85. The van der Waals surface area contributed by atoms with Crippen molar-refractivity contribution in [1.82, 2.24) is 0 Å². The summed E-state index contributed by atoms with van der Waals surface area (Å²) in [4.78, 5) is 11.6. The summed E-state index contributed by atoms with van der Waals surface area (Å²) in [5.41, 5.74) is -4.80. The van der Waals surface area contributed by atoms with Crippen molar-refractivity contribution >= 4 is 16.1 Å². The summed E-state index contributed by atoms with van der Waals surface area (Å²) >= 11 is 0. The lowest BCUT2D eigenvalue weighted by atomic mass is 10.1. The van der Waals surface area contributed by atoms with Crippen molar-refractivity contribution in [2.75, 3.05) is 40.1 Å². The number of hydrogen-bond acceptors (Lipinski definition) is 8. The molecule has 0 aliphatic heterocycles. The van der Waals surface area contributed by atoms with Crippen LogP contribution < -0.4 is 4.74 Å². The van der Waals surface area contributed by atoms with E-state index in [1.807, 2.05) is 6.92 Å². The normalized spacial score (nSPS) is 13.1. The molecule has 0 heterocycles. The van der Waals surface area contributed by atoms with Gasteiger partial charge in [-0.25, -0.2) is 8.98 Å². The summed E-state index contributed by atoms with van der Waals surface area (Å²) in [7, 11) is -4.97. The molecule has 1 atom stereocenters. The molecule has 0 fully saturated rings. The second-order valence-corrected chi connectivity index (χ2v) is 7.77. The van der Waals surface area contributed by atoms with Gasteiger partial charge in [-0.2, -0.15) is 21.6 Å². The van der Waals surface area contributed by atoms with Gasteiger partial charge in [0.2, 0.25) is 0 Å². The van der Waals surface area contributed by atoms with Crippen LogP contribution in [0, 0.1) is 0 Å². The van der Waals surface area contributed by atoms with Crippen molar-refractivity contribution < 1.29 is 49.5 Å². The van der Waals surface area contributed by atoms with E-state index >= 15 is 0 Å². The van der Waals surface area contributed by atoms with Gasteiger partial charge in [0.25, 0.3) is 0 Å². The van der Waals surface area contributed by atoms with Gasteiger partial charge >= 0.3 is 21.6 Å². The number of aryl methyl sites for hydroxylation is 1. The van der Waals surface area contributed by atoms with Crippen LogP contribution in [-0.2, 0) is 39.7 Å². The highest BCUT2D eigenvalue weighted by atomic mass is 32.2. The molecule has 0 saturated heterocycles. The van der Waals surface area contributed by atoms with Crippen LogP contribution in [0.3, 0.4) is 0 Å². The number of carbonyl (C=O) groups is 1.